The van der Waals surface area contributed by atoms with Crippen LogP contribution in [0, 0.1) is 17.3 Å². The second-order valence-electron chi connectivity index (χ2n) is 11.7. The van der Waals surface area contributed by atoms with Crippen LogP contribution in [0.5, 0.6) is 11.5 Å². The number of para-hydroxylation sites is 1. The minimum Gasteiger partial charge on any atom is -0.508 e. The molecule has 0 radical (unpaired) electrons. The van der Waals surface area contributed by atoms with Crippen molar-refractivity contribution in [1.82, 2.24) is 0 Å². The number of benzene rings is 3. The Morgan fingerprint density at radius 1 is 0.973 bits per heavy atom. The van der Waals surface area contributed by atoms with Gasteiger partial charge in [-0.25, -0.2) is 0 Å². The minimum absolute atomic E-state index is 0.272. The van der Waals surface area contributed by atoms with Gasteiger partial charge < -0.3 is 14.7 Å². The summed E-state index contributed by atoms with van der Waals surface area (Å²) in [5.74, 6) is 4.08. The topological polar surface area (TPSA) is 66.8 Å². The summed E-state index contributed by atoms with van der Waals surface area (Å²) in [6.07, 6.45) is 7.50. The third kappa shape index (κ3) is 3.35. The number of aliphatic hydroxyl groups is 1. The highest BCUT2D eigenvalue weighted by atomic mass is 31.2. The third-order valence-corrected chi connectivity index (χ3v) is 12.2. The fourth-order valence-electron chi connectivity index (χ4n) is 8.16. The van der Waals surface area contributed by atoms with Crippen LogP contribution in [-0.4, -0.2) is 15.8 Å². The number of aryl methyl sites for hydroxylation is 1. The molecule has 7 rings (SSSR count). The second kappa shape index (κ2) is 8.09. The Bertz CT molecular complexity index is 1480. The summed E-state index contributed by atoms with van der Waals surface area (Å²) in [4.78, 5) is 0. The predicted molar refractivity (Wildman–Crippen MR) is 147 cm³/mol. The summed E-state index contributed by atoms with van der Waals surface area (Å²) in [6.45, 7) is 2.25. The lowest BCUT2D eigenvalue weighted by molar-refractivity contribution is -0.0709. The van der Waals surface area contributed by atoms with Crippen LogP contribution < -0.4 is 9.83 Å². The van der Waals surface area contributed by atoms with Gasteiger partial charge in [-0.2, -0.15) is 0 Å². The van der Waals surface area contributed by atoms with E-state index in [2.05, 4.69) is 13.0 Å². The van der Waals surface area contributed by atoms with Crippen LogP contribution in [0.4, 0.5) is 0 Å². The van der Waals surface area contributed by atoms with Crippen molar-refractivity contribution in [1.29, 1.82) is 0 Å². The molecule has 0 aromatic heterocycles. The van der Waals surface area contributed by atoms with E-state index in [0.717, 1.165) is 43.2 Å². The number of phenols is 1. The number of hydrogen-bond donors (Lipinski definition) is 2. The molecule has 4 aliphatic rings. The van der Waals surface area contributed by atoms with Gasteiger partial charge in [-0.1, -0.05) is 49.4 Å². The summed E-state index contributed by atoms with van der Waals surface area (Å²) >= 11 is 0. The lowest BCUT2D eigenvalue weighted by Crippen LogP contribution is -2.49. The molecule has 0 bridgehead atoms. The Kier molecular flexibility index (Phi) is 5.10. The van der Waals surface area contributed by atoms with E-state index in [0.29, 0.717) is 41.0 Å². The lowest BCUT2D eigenvalue weighted by Gasteiger charge is -2.52. The second-order valence-corrected chi connectivity index (χ2v) is 13.9. The maximum atomic E-state index is 14.3. The smallest absolute Gasteiger partial charge is 0.300 e. The van der Waals surface area contributed by atoms with Crippen LogP contribution in [0.3, 0.4) is 0 Å². The number of phenolic OH excluding ortho intramolecular Hbond substituents is 1. The molecule has 0 spiro atoms. The molecule has 1 heterocycles. The molecule has 6 atom stereocenters. The number of aromatic hydroxyl groups is 1. The molecular formula is C32H33O4P. The average Bonchev–Trinajstić information content (AvgIpc) is 3.18. The van der Waals surface area contributed by atoms with E-state index < -0.39 is 13.0 Å². The van der Waals surface area contributed by atoms with Crippen molar-refractivity contribution in [3.05, 3.63) is 89.8 Å². The minimum atomic E-state index is -3.35. The molecule has 3 aromatic rings. The summed E-state index contributed by atoms with van der Waals surface area (Å²) in [5.41, 5.74) is 3.26. The maximum absolute atomic E-state index is 14.3. The van der Waals surface area contributed by atoms with E-state index in [4.69, 9.17) is 4.52 Å². The first-order valence-electron chi connectivity index (χ1n) is 13.5. The molecule has 3 aliphatic carbocycles. The van der Waals surface area contributed by atoms with Crippen molar-refractivity contribution >= 4 is 12.7 Å². The molecule has 1 unspecified atom stereocenters. The highest BCUT2D eigenvalue weighted by Crippen LogP contribution is 2.65. The molecular weight excluding hydrogens is 479 g/mol. The molecule has 0 saturated heterocycles. The van der Waals surface area contributed by atoms with E-state index in [1.807, 2.05) is 66.7 Å². The number of rotatable bonds is 2. The first kappa shape index (κ1) is 23.3. The first-order valence-corrected chi connectivity index (χ1v) is 15.2. The summed E-state index contributed by atoms with van der Waals surface area (Å²) in [5, 5.41) is 22.8. The molecule has 1 aliphatic heterocycles. The van der Waals surface area contributed by atoms with Gasteiger partial charge in [0.1, 0.15) is 11.5 Å². The summed E-state index contributed by atoms with van der Waals surface area (Å²) in [7, 11) is -3.35. The number of fused-ring (bicyclic) bond motifs is 8. The monoisotopic (exact) mass is 512 g/mol. The molecule has 0 amide bonds. The Hall–Kier alpha value is -2.81. The number of hydrogen-bond acceptors (Lipinski definition) is 4. The van der Waals surface area contributed by atoms with E-state index in [9.17, 15) is 14.8 Å². The standard InChI is InChI=1S/C32H33O4P/c1-31-16-14-24-23-13-11-22(33)20-21(23)10-12-25(24)28(31)15-17-32(31,34)18-19-37(35)30-9-5-3-7-27(30)26-6-2-4-8-29(26)36-37/h2-9,11,13,18-20,24-25,28,33-34H,10,12,14-17H2,1H3/b19-18+/t24-,25-,28+,31+,32-,37?/m1/s1. The fraction of sp³-hybridized carbons (Fsp3) is 0.375. The van der Waals surface area contributed by atoms with Crippen molar-refractivity contribution in [2.75, 3.05) is 0 Å². The van der Waals surface area contributed by atoms with E-state index in [-0.39, 0.29) is 5.41 Å². The van der Waals surface area contributed by atoms with Crippen LogP contribution in [0.2, 0.25) is 0 Å². The molecule has 3 aromatic carbocycles. The van der Waals surface area contributed by atoms with Crippen molar-refractivity contribution in [3.63, 3.8) is 0 Å². The Morgan fingerprint density at radius 3 is 2.62 bits per heavy atom. The zero-order valence-electron chi connectivity index (χ0n) is 21.1. The van der Waals surface area contributed by atoms with Gasteiger partial charge in [-0.3, -0.25) is 4.57 Å². The van der Waals surface area contributed by atoms with E-state index >= 15 is 0 Å². The Labute approximate surface area is 218 Å². The van der Waals surface area contributed by atoms with Crippen LogP contribution in [-0.2, 0) is 11.0 Å². The van der Waals surface area contributed by atoms with Crippen molar-refractivity contribution in [2.45, 2.75) is 57.0 Å². The van der Waals surface area contributed by atoms with E-state index in [1.165, 1.54) is 11.1 Å². The van der Waals surface area contributed by atoms with Gasteiger partial charge in [0.25, 0.3) is 7.37 Å². The van der Waals surface area contributed by atoms with E-state index in [1.54, 1.807) is 5.82 Å². The van der Waals surface area contributed by atoms with Gasteiger partial charge >= 0.3 is 0 Å². The summed E-state index contributed by atoms with van der Waals surface area (Å²) in [6, 6.07) is 21.4. The zero-order valence-corrected chi connectivity index (χ0v) is 22.0. The highest BCUT2D eigenvalue weighted by Gasteiger charge is 2.60. The van der Waals surface area contributed by atoms with Crippen molar-refractivity contribution < 1.29 is 19.3 Å². The Balaban J connectivity index is 1.22. The molecule has 2 fully saturated rings. The average molecular weight is 513 g/mol. The summed E-state index contributed by atoms with van der Waals surface area (Å²) < 4.78 is 20.5. The molecule has 5 heteroatoms. The predicted octanol–water partition coefficient (Wildman–Crippen LogP) is 7.16. The molecule has 2 N–H and O–H groups in total. The normalized spacial score (nSPS) is 35.6. The van der Waals surface area contributed by atoms with Gasteiger partial charge in [0.05, 0.1) is 10.9 Å². The third-order valence-electron chi connectivity index (χ3n) is 10.1. The van der Waals surface area contributed by atoms with Gasteiger partial charge in [-0.15, -0.1) is 0 Å². The zero-order chi connectivity index (χ0) is 25.4. The van der Waals surface area contributed by atoms with Gasteiger partial charge in [0.2, 0.25) is 0 Å². The molecule has 4 nitrogen and oxygen atoms in total. The lowest BCUT2D eigenvalue weighted by atomic mass is 9.53. The van der Waals surface area contributed by atoms with Gasteiger partial charge in [0, 0.05) is 16.8 Å². The van der Waals surface area contributed by atoms with Crippen LogP contribution in [0.1, 0.15) is 56.1 Å². The van der Waals surface area contributed by atoms with Crippen LogP contribution in [0.25, 0.3) is 11.1 Å². The molecule has 37 heavy (non-hydrogen) atoms. The van der Waals surface area contributed by atoms with Crippen LogP contribution in [0.15, 0.2) is 78.6 Å². The molecule has 2 saturated carbocycles. The van der Waals surface area contributed by atoms with Crippen LogP contribution >= 0.6 is 7.37 Å². The largest absolute Gasteiger partial charge is 0.508 e. The maximum Gasteiger partial charge on any atom is 0.300 e. The molecule has 190 valence electrons. The Morgan fingerprint density at radius 2 is 1.76 bits per heavy atom. The van der Waals surface area contributed by atoms with Crippen molar-refractivity contribution in [2.24, 2.45) is 17.3 Å². The fourth-order valence-corrected chi connectivity index (χ4v) is 10.2. The van der Waals surface area contributed by atoms with Crippen molar-refractivity contribution in [3.8, 4) is 22.6 Å². The van der Waals surface area contributed by atoms with Gasteiger partial charge in [0.15, 0.2) is 0 Å². The highest BCUT2D eigenvalue weighted by molar-refractivity contribution is 7.70. The quantitative estimate of drug-likeness (QED) is 0.358. The first-order chi connectivity index (χ1) is 17.8. The van der Waals surface area contributed by atoms with Gasteiger partial charge in [-0.05, 0) is 103 Å². The SMILES string of the molecule is C[C@]12CC[C@@H]3c4ccc(O)cc4CC[C@H]3[C@@H]1CC[C@@]2(O)/C=C/P1(=O)Oc2ccccc2-c2ccccc21.